The minimum absolute atomic E-state index is 0.0295. The smallest absolute Gasteiger partial charge is 0.162 e. The zero-order valence-corrected chi connectivity index (χ0v) is 9.70. The van der Waals surface area contributed by atoms with Crippen LogP contribution in [0, 0.1) is 19.7 Å². The summed E-state index contributed by atoms with van der Waals surface area (Å²) in [6.45, 7) is 3.33. The van der Waals surface area contributed by atoms with Gasteiger partial charge in [-0.25, -0.2) is 4.39 Å². The van der Waals surface area contributed by atoms with E-state index in [1.807, 2.05) is 0 Å². The van der Waals surface area contributed by atoms with Crippen LogP contribution in [0.4, 0.5) is 4.39 Å². The van der Waals surface area contributed by atoms with Gasteiger partial charge in [-0.15, -0.1) is 11.6 Å². The average molecular weight is 229 g/mol. The van der Waals surface area contributed by atoms with Gasteiger partial charge in [-0.05, 0) is 43.5 Å². The number of aryl methyl sites for hydroxylation is 2. The lowest BCUT2D eigenvalue weighted by Gasteiger charge is -2.05. The molecule has 1 aromatic carbocycles. The molecule has 0 radical (unpaired) electrons. The Labute approximate surface area is 94.3 Å². The fraction of sp³-hybridized carbons (Fsp3) is 0.417. The van der Waals surface area contributed by atoms with Crippen molar-refractivity contribution >= 4 is 17.4 Å². The summed E-state index contributed by atoms with van der Waals surface area (Å²) in [7, 11) is 0. The van der Waals surface area contributed by atoms with E-state index in [4.69, 9.17) is 11.6 Å². The average Bonchev–Trinajstić information content (AvgIpc) is 2.21. The zero-order valence-electron chi connectivity index (χ0n) is 8.94. The molecule has 15 heavy (non-hydrogen) atoms. The van der Waals surface area contributed by atoms with Gasteiger partial charge in [0.25, 0.3) is 0 Å². The number of halogens is 2. The molecule has 0 heterocycles. The Morgan fingerprint density at radius 2 is 1.87 bits per heavy atom. The molecule has 0 bridgehead atoms. The van der Waals surface area contributed by atoms with Crippen molar-refractivity contribution in [3.05, 3.63) is 34.6 Å². The minimum atomic E-state index is -0.233. The van der Waals surface area contributed by atoms with Gasteiger partial charge >= 0.3 is 0 Å². The number of carbonyl (C=O) groups excluding carboxylic acids is 1. The summed E-state index contributed by atoms with van der Waals surface area (Å²) in [4.78, 5) is 11.6. The van der Waals surface area contributed by atoms with Crippen LogP contribution in [0.25, 0.3) is 0 Å². The van der Waals surface area contributed by atoms with E-state index in [1.165, 1.54) is 0 Å². The van der Waals surface area contributed by atoms with Crippen LogP contribution in [-0.4, -0.2) is 11.7 Å². The molecule has 0 fully saturated rings. The molecule has 82 valence electrons. The number of hydrogen-bond acceptors (Lipinski definition) is 1. The van der Waals surface area contributed by atoms with Gasteiger partial charge in [0.1, 0.15) is 5.82 Å². The van der Waals surface area contributed by atoms with E-state index < -0.39 is 0 Å². The molecule has 0 saturated heterocycles. The van der Waals surface area contributed by atoms with E-state index in [0.29, 0.717) is 35.4 Å². The maximum Gasteiger partial charge on any atom is 0.162 e. The standard InChI is InChI=1S/C12H14ClFO/c1-8-6-10(7-9(2)12(8)14)11(15)4-3-5-13/h6-7H,3-5H2,1-2H3. The Bertz CT molecular complexity index is 351. The van der Waals surface area contributed by atoms with Gasteiger partial charge < -0.3 is 0 Å². The van der Waals surface area contributed by atoms with Crippen molar-refractivity contribution < 1.29 is 9.18 Å². The van der Waals surface area contributed by atoms with Crippen molar-refractivity contribution in [3.8, 4) is 0 Å². The van der Waals surface area contributed by atoms with Gasteiger partial charge in [-0.1, -0.05) is 0 Å². The van der Waals surface area contributed by atoms with E-state index in [1.54, 1.807) is 26.0 Å². The first-order valence-electron chi connectivity index (χ1n) is 4.92. The summed E-state index contributed by atoms with van der Waals surface area (Å²) in [5.74, 6) is 0.274. The van der Waals surface area contributed by atoms with Crippen LogP contribution in [0.5, 0.6) is 0 Å². The van der Waals surface area contributed by atoms with E-state index in [9.17, 15) is 9.18 Å². The minimum Gasteiger partial charge on any atom is -0.294 e. The summed E-state index contributed by atoms with van der Waals surface area (Å²) in [6.07, 6.45) is 1.09. The van der Waals surface area contributed by atoms with Crippen LogP contribution >= 0.6 is 11.6 Å². The third kappa shape index (κ3) is 3.03. The van der Waals surface area contributed by atoms with Crippen molar-refractivity contribution in [1.29, 1.82) is 0 Å². The first kappa shape index (κ1) is 12.2. The maximum absolute atomic E-state index is 13.3. The predicted molar refractivity (Wildman–Crippen MR) is 60.2 cm³/mol. The maximum atomic E-state index is 13.3. The first-order chi connectivity index (χ1) is 7.06. The Morgan fingerprint density at radius 1 is 1.33 bits per heavy atom. The molecular formula is C12H14ClFO. The summed E-state index contributed by atoms with van der Waals surface area (Å²) < 4.78 is 13.3. The number of carbonyl (C=O) groups is 1. The van der Waals surface area contributed by atoms with Crippen molar-refractivity contribution in [3.63, 3.8) is 0 Å². The molecular weight excluding hydrogens is 215 g/mol. The van der Waals surface area contributed by atoms with Crippen LogP contribution in [0.3, 0.4) is 0 Å². The summed E-state index contributed by atoms with van der Waals surface area (Å²) in [5, 5.41) is 0. The van der Waals surface area contributed by atoms with Crippen LogP contribution in [0.15, 0.2) is 12.1 Å². The molecule has 0 saturated carbocycles. The van der Waals surface area contributed by atoms with Gasteiger partial charge in [-0.2, -0.15) is 0 Å². The summed E-state index contributed by atoms with van der Waals surface area (Å²) in [6, 6.07) is 3.19. The normalized spacial score (nSPS) is 10.4. The second-order valence-corrected chi connectivity index (χ2v) is 4.02. The largest absolute Gasteiger partial charge is 0.294 e. The number of Topliss-reactive ketones (excluding diaryl/α,β-unsaturated/α-hetero) is 1. The third-order valence-corrected chi connectivity index (χ3v) is 2.56. The lowest BCUT2D eigenvalue weighted by Crippen LogP contribution is -2.02. The number of ketones is 1. The van der Waals surface area contributed by atoms with E-state index in [-0.39, 0.29) is 11.6 Å². The highest BCUT2D eigenvalue weighted by atomic mass is 35.5. The van der Waals surface area contributed by atoms with Gasteiger partial charge in [0.2, 0.25) is 0 Å². The predicted octanol–water partition coefficient (Wildman–Crippen LogP) is 3.64. The molecule has 0 spiro atoms. The lowest BCUT2D eigenvalue weighted by molar-refractivity contribution is 0.0981. The number of rotatable bonds is 4. The van der Waals surface area contributed by atoms with Gasteiger partial charge in [-0.3, -0.25) is 4.79 Å². The van der Waals surface area contributed by atoms with Crippen LogP contribution in [0.1, 0.15) is 34.3 Å². The topological polar surface area (TPSA) is 17.1 Å². The molecule has 0 atom stereocenters. The van der Waals surface area contributed by atoms with Gasteiger partial charge in [0.05, 0.1) is 0 Å². The summed E-state index contributed by atoms with van der Waals surface area (Å²) >= 11 is 5.51. The highest BCUT2D eigenvalue weighted by molar-refractivity contribution is 6.18. The molecule has 0 aliphatic rings. The molecule has 1 aromatic rings. The SMILES string of the molecule is Cc1cc(C(=O)CCCCl)cc(C)c1F. The molecule has 0 aliphatic heterocycles. The number of hydrogen-bond donors (Lipinski definition) is 0. The molecule has 0 aliphatic carbocycles. The van der Waals surface area contributed by atoms with Crippen molar-refractivity contribution in [1.82, 2.24) is 0 Å². The zero-order chi connectivity index (χ0) is 11.4. The highest BCUT2D eigenvalue weighted by Gasteiger charge is 2.10. The van der Waals surface area contributed by atoms with Crippen molar-refractivity contribution in [2.24, 2.45) is 0 Å². The third-order valence-electron chi connectivity index (χ3n) is 2.30. The van der Waals surface area contributed by atoms with E-state index in [2.05, 4.69) is 0 Å². The molecule has 0 aromatic heterocycles. The molecule has 1 rings (SSSR count). The van der Waals surface area contributed by atoms with Crippen LogP contribution < -0.4 is 0 Å². The monoisotopic (exact) mass is 228 g/mol. The summed E-state index contributed by atoms with van der Waals surface area (Å²) in [5.41, 5.74) is 1.62. The number of benzene rings is 1. The molecule has 1 nitrogen and oxygen atoms in total. The van der Waals surface area contributed by atoms with Crippen molar-refractivity contribution in [2.45, 2.75) is 26.7 Å². The first-order valence-corrected chi connectivity index (χ1v) is 5.45. The quantitative estimate of drug-likeness (QED) is 0.568. The van der Waals surface area contributed by atoms with E-state index in [0.717, 1.165) is 0 Å². The Kier molecular flexibility index (Phi) is 4.28. The van der Waals surface area contributed by atoms with Crippen LogP contribution in [-0.2, 0) is 0 Å². The molecule has 3 heteroatoms. The fourth-order valence-electron chi connectivity index (χ4n) is 1.48. The highest BCUT2D eigenvalue weighted by Crippen LogP contribution is 2.16. The number of alkyl halides is 1. The van der Waals surface area contributed by atoms with Crippen LogP contribution in [0.2, 0.25) is 0 Å². The van der Waals surface area contributed by atoms with Crippen molar-refractivity contribution in [2.75, 3.05) is 5.88 Å². The molecule has 0 amide bonds. The Hall–Kier alpha value is -0.890. The van der Waals surface area contributed by atoms with Gasteiger partial charge in [0, 0.05) is 17.9 Å². The molecule has 0 unspecified atom stereocenters. The van der Waals surface area contributed by atoms with E-state index >= 15 is 0 Å². The second-order valence-electron chi connectivity index (χ2n) is 3.64. The molecule has 0 N–H and O–H groups in total. The fourth-order valence-corrected chi connectivity index (χ4v) is 1.61. The van der Waals surface area contributed by atoms with Gasteiger partial charge in [0.15, 0.2) is 5.78 Å². The Morgan fingerprint density at radius 3 is 2.33 bits per heavy atom. The second kappa shape index (κ2) is 5.26. The lowest BCUT2D eigenvalue weighted by atomic mass is 10.0. The Balaban J connectivity index is 2.91.